The molecule has 0 saturated heterocycles. The van der Waals surface area contributed by atoms with Crippen molar-refractivity contribution in [3.63, 3.8) is 0 Å². The monoisotopic (exact) mass is 349 g/mol. The largest absolute Gasteiger partial charge is 0.505 e. The molecule has 25 heavy (non-hydrogen) atoms. The summed E-state index contributed by atoms with van der Waals surface area (Å²) in [5, 5.41) is 9.34. The molecule has 0 spiro atoms. The van der Waals surface area contributed by atoms with E-state index < -0.39 is 23.3 Å². The van der Waals surface area contributed by atoms with Crippen molar-refractivity contribution in [1.29, 1.82) is 0 Å². The van der Waals surface area contributed by atoms with Crippen molar-refractivity contribution < 1.29 is 27.4 Å². The van der Waals surface area contributed by atoms with E-state index >= 15 is 0 Å². The van der Waals surface area contributed by atoms with Crippen molar-refractivity contribution in [2.45, 2.75) is 6.18 Å². The third-order valence-corrected chi connectivity index (χ3v) is 3.37. The standard InChI is InChI=1S/C18H11F4NO2/c19-14-9-8-13(10-16(14)24)25-17-3-1-2-15(23-17)11-4-6-12(7-5-11)18(20,21)22/h1-10,24H. The van der Waals surface area contributed by atoms with E-state index in [0.717, 1.165) is 24.3 Å². The van der Waals surface area contributed by atoms with Gasteiger partial charge >= 0.3 is 6.18 Å². The van der Waals surface area contributed by atoms with Crippen LogP contribution in [0.3, 0.4) is 0 Å². The smallest absolute Gasteiger partial charge is 0.416 e. The zero-order valence-electron chi connectivity index (χ0n) is 12.6. The van der Waals surface area contributed by atoms with E-state index in [0.29, 0.717) is 11.3 Å². The average Bonchev–Trinajstić information content (AvgIpc) is 2.58. The van der Waals surface area contributed by atoms with E-state index in [-0.39, 0.29) is 11.6 Å². The zero-order chi connectivity index (χ0) is 18.0. The predicted octanol–water partition coefficient (Wildman–Crippen LogP) is 5.40. The Morgan fingerprint density at radius 1 is 0.920 bits per heavy atom. The number of nitrogens with zero attached hydrogens (tertiary/aromatic N) is 1. The lowest BCUT2D eigenvalue weighted by Crippen LogP contribution is -2.04. The SMILES string of the molecule is Oc1cc(Oc2cccc(-c3ccc(C(F)(F)F)cc3)n2)ccc1F. The molecule has 0 unspecified atom stereocenters. The third-order valence-electron chi connectivity index (χ3n) is 3.37. The Kier molecular flexibility index (Phi) is 4.31. The molecule has 7 heteroatoms. The molecular formula is C18H11F4NO2. The highest BCUT2D eigenvalue weighted by Crippen LogP contribution is 2.31. The Labute approximate surface area is 140 Å². The molecule has 1 heterocycles. The molecule has 0 aliphatic rings. The first-order valence-corrected chi connectivity index (χ1v) is 7.14. The highest BCUT2D eigenvalue weighted by Gasteiger charge is 2.30. The van der Waals surface area contributed by atoms with Crippen LogP contribution >= 0.6 is 0 Å². The summed E-state index contributed by atoms with van der Waals surface area (Å²) in [6, 6.07) is 12.8. The van der Waals surface area contributed by atoms with Gasteiger partial charge in [-0.05, 0) is 30.3 Å². The Bertz CT molecular complexity index is 892. The van der Waals surface area contributed by atoms with Gasteiger partial charge in [0, 0.05) is 17.7 Å². The molecule has 0 saturated carbocycles. The van der Waals surface area contributed by atoms with Gasteiger partial charge in [-0.2, -0.15) is 13.2 Å². The van der Waals surface area contributed by atoms with Crippen LogP contribution in [0.1, 0.15) is 5.56 Å². The van der Waals surface area contributed by atoms with E-state index in [1.165, 1.54) is 24.3 Å². The molecule has 3 nitrogen and oxygen atoms in total. The second-order valence-electron chi connectivity index (χ2n) is 5.15. The Morgan fingerprint density at radius 3 is 2.28 bits per heavy atom. The van der Waals surface area contributed by atoms with Crippen molar-refractivity contribution >= 4 is 0 Å². The molecule has 0 fully saturated rings. The molecule has 0 aliphatic carbocycles. The van der Waals surface area contributed by atoms with E-state index in [1.54, 1.807) is 12.1 Å². The molecule has 0 aliphatic heterocycles. The lowest BCUT2D eigenvalue weighted by molar-refractivity contribution is -0.137. The minimum absolute atomic E-state index is 0.156. The van der Waals surface area contributed by atoms with Crippen LogP contribution in [-0.4, -0.2) is 10.1 Å². The Hall–Kier alpha value is -3.09. The summed E-state index contributed by atoms with van der Waals surface area (Å²) in [4.78, 5) is 4.20. The van der Waals surface area contributed by atoms with Gasteiger partial charge in [-0.1, -0.05) is 18.2 Å². The molecule has 3 aromatic rings. The van der Waals surface area contributed by atoms with E-state index in [1.807, 2.05) is 0 Å². The quantitative estimate of drug-likeness (QED) is 0.644. The molecule has 3 rings (SSSR count). The summed E-state index contributed by atoms with van der Waals surface area (Å²) in [6.07, 6.45) is -4.40. The number of hydrogen-bond donors (Lipinski definition) is 1. The van der Waals surface area contributed by atoms with Crippen LogP contribution in [0.2, 0.25) is 0 Å². The molecule has 1 N–H and O–H groups in total. The van der Waals surface area contributed by atoms with Gasteiger partial charge in [0.1, 0.15) is 5.75 Å². The fourth-order valence-electron chi connectivity index (χ4n) is 2.14. The van der Waals surface area contributed by atoms with Crippen molar-refractivity contribution in [2.24, 2.45) is 0 Å². The van der Waals surface area contributed by atoms with Gasteiger partial charge in [-0.25, -0.2) is 9.37 Å². The maximum absolute atomic E-state index is 13.0. The van der Waals surface area contributed by atoms with Crippen LogP contribution in [-0.2, 0) is 6.18 Å². The van der Waals surface area contributed by atoms with Crippen molar-refractivity contribution in [3.05, 3.63) is 72.0 Å². The zero-order valence-corrected chi connectivity index (χ0v) is 12.6. The number of aromatic nitrogens is 1. The maximum Gasteiger partial charge on any atom is 0.416 e. The first-order valence-electron chi connectivity index (χ1n) is 7.14. The number of rotatable bonds is 3. The number of ether oxygens (including phenoxy) is 1. The summed E-state index contributed by atoms with van der Waals surface area (Å²) in [7, 11) is 0. The van der Waals surface area contributed by atoms with Crippen molar-refractivity contribution in [1.82, 2.24) is 4.98 Å². The fourth-order valence-corrected chi connectivity index (χ4v) is 2.14. The lowest BCUT2D eigenvalue weighted by Gasteiger charge is -2.09. The van der Waals surface area contributed by atoms with Crippen LogP contribution in [0.5, 0.6) is 17.4 Å². The van der Waals surface area contributed by atoms with Crippen LogP contribution in [0.25, 0.3) is 11.3 Å². The van der Waals surface area contributed by atoms with E-state index in [9.17, 15) is 22.7 Å². The minimum Gasteiger partial charge on any atom is -0.505 e. The summed E-state index contributed by atoms with van der Waals surface area (Å²) in [5.41, 5.74) is 0.156. The first kappa shape index (κ1) is 16.8. The van der Waals surface area contributed by atoms with Crippen LogP contribution in [0, 0.1) is 5.82 Å². The number of benzene rings is 2. The topological polar surface area (TPSA) is 42.4 Å². The second kappa shape index (κ2) is 6.43. The third kappa shape index (κ3) is 3.88. The predicted molar refractivity (Wildman–Crippen MR) is 82.8 cm³/mol. The van der Waals surface area contributed by atoms with E-state index in [2.05, 4.69) is 4.98 Å². The fraction of sp³-hybridized carbons (Fsp3) is 0.0556. The van der Waals surface area contributed by atoms with Crippen LogP contribution in [0.4, 0.5) is 17.6 Å². The molecule has 0 radical (unpaired) electrons. The van der Waals surface area contributed by atoms with Gasteiger partial charge in [0.25, 0.3) is 0 Å². The van der Waals surface area contributed by atoms with E-state index in [4.69, 9.17) is 4.74 Å². The highest BCUT2D eigenvalue weighted by atomic mass is 19.4. The second-order valence-corrected chi connectivity index (χ2v) is 5.15. The van der Waals surface area contributed by atoms with Gasteiger partial charge < -0.3 is 9.84 Å². The highest BCUT2D eigenvalue weighted by molar-refractivity contribution is 5.60. The Balaban J connectivity index is 1.85. The number of aromatic hydroxyl groups is 1. The van der Waals surface area contributed by atoms with Crippen molar-refractivity contribution in [2.75, 3.05) is 0 Å². The number of phenolic OH excluding ortho intramolecular Hbond substituents is 1. The number of hydrogen-bond acceptors (Lipinski definition) is 3. The average molecular weight is 349 g/mol. The number of halogens is 4. The molecular weight excluding hydrogens is 338 g/mol. The van der Waals surface area contributed by atoms with Gasteiger partial charge in [0.15, 0.2) is 11.6 Å². The minimum atomic E-state index is -4.40. The first-order chi connectivity index (χ1) is 11.8. The van der Waals surface area contributed by atoms with Gasteiger partial charge in [0.05, 0.1) is 11.3 Å². The summed E-state index contributed by atoms with van der Waals surface area (Å²) < 4.78 is 56.3. The molecule has 0 amide bonds. The molecule has 0 bridgehead atoms. The summed E-state index contributed by atoms with van der Waals surface area (Å²) in [5.74, 6) is -1.01. The Morgan fingerprint density at radius 2 is 1.64 bits per heavy atom. The molecule has 128 valence electrons. The molecule has 0 atom stereocenters. The van der Waals surface area contributed by atoms with Crippen molar-refractivity contribution in [3.8, 4) is 28.6 Å². The lowest BCUT2D eigenvalue weighted by atomic mass is 10.1. The van der Waals surface area contributed by atoms with Crippen LogP contribution in [0.15, 0.2) is 60.7 Å². The molecule has 2 aromatic carbocycles. The number of pyridine rings is 1. The normalized spacial score (nSPS) is 11.4. The van der Waals surface area contributed by atoms with Gasteiger partial charge in [-0.3, -0.25) is 0 Å². The summed E-state index contributed by atoms with van der Waals surface area (Å²) >= 11 is 0. The van der Waals surface area contributed by atoms with Crippen LogP contribution < -0.4 is 4.74 Å². The van der Waals surface area contributed by atoms with Gasteiger partial charge in [0.2, 0.25) is 5.88 Å². The molecule has 1 aromatic heterocycles. The summed E-state index contributed by atoms with van der Waals surface area (Å²) in [6.45, 7) is 0. The number of alkyl halides is 3. The number of phenols is 1. The van der Waals surface area contributed by atoms with Gasteiger partial charge in [-0.15, -0.1) is 0 Å². The maximum atomic E-state index is 13.0.